The fourth-order valence-corrected chi connectivity index (χ4v) is 1.54. The van der Waals surface area contributed by atoms with Crippen molar-refractivity contribution in [3.8, 4) is 0 Å². The zero-order valence-corrected chi connectivity index (χ0v) is 9.79. The number of aryl methyl sites for hydroxylation is 1. The van der Waals surface area contributed by atoms with Crippen LogP contribution in [0.2, 0.25) is 0 Å². The third-order valence-corrected chi connectivity index (χ3v) is 2.73. The summed E-state index contributed by atoms with van der Waals surface area (Å²) in [7, 11) is 0. The number of anilines is 3. The molecule has 17 heavy (non-hydrogen) atoms. The summed E-state index contributed by atoms with van der Waals surface area (Å²) in [4.78, 5) is 4.15. The van der Waals surface area contributed by atoms with E-state index in [2.05, 4.69) is 10.3 Å². The van der Waals surface area contributed by atoms with Crippen LogP contribution in [0.25, 0.3) is 0 Å². The number of rotatable bonds is 2. The van der Waals surface area contributed by atoms with E-state index in [1.807, 2.05) is 13.0 Å². The van der Waals surface area contributed by atoms with E-state index < -0.39 is 0 Å². The Morgan fingerprint density at radius 1 is 1.24 bits per heavy atom. The number of hydrogen-bond acceptors (Lipinski definition) is 3. The van der Waals surface area contributed by atoms with Gasteiger partial charge in [0.15, 0.2) is 5.82 Å². The summed E-state index contributed by atoms with van der Waals surface area (Å²) in [5, 5.41) is 3.05. The lowest BCUT2D eigenvalue weighted by Gasteiger charge is -2.12. The molecular weight excluding hydrogens is 217 g/mol. The fraction of sp³-hybridized carbons (Fsp3) is 0.154. The first kappa shape index (κ1) is 11.4. The summed E-state index contributed by atoms with van der Waals surface area (Å²) in [6, 6.07) is 6.70. The lowest BCUT2D eigenvalue weighted by molar-refractivity contribution is 0.619. The molecule has 0 spiro atoms. The van der Waals surface area contributed by atoms with Crippen molar-refractivity contribution in [2.45, 2.75) is 13.8 Å². The highest BCUT2D eigenvalue weighted by atomic mass is 19.1. The smallest absolute Gasteiger partial charge is 0.153 e. The second-order valence-corrected chi connectivity index (χ2v) is 3.93. The molecule has 1 heterocycles. The normalized spacial score (nSPS) is 10.3. The Morgan fingerprint density at radius 2 is 2.00 bits per heavy atom. The SMILES string of the molecule is Cc1ccnc(Nc2cccc(F)c2C)c1N. The molecule has 2 aromatic rings. The van der Waals surface area contributed by atoms with E-state index >= 15 is 0 Å². The predicted molar refractivity (Wildman–Crippen MR) is 67.8 cm³/mol. The van der Waals surface area contributed by atoms with Crippen LogP contribution < -0.4 is 11.1 Å². The number of nitrogens with zero attached hydrogens (tertiary/aromatic N) is 1. The number of hydrogen-bond donors (Lipinski definition) is 2. The first-order valence-corrected chi connectivity index (χ1v) is 5.33. The second-order valence-electron chi connectivity index (χ2n) is 3.93. The van der Waals surface area contributed by atoms with Crippen LogP contribution in [0.3, 0.4) is 0 Å². The zero-order valence-electron chi connectivity index (χ0n) is 9.79. The monoisotopic (exact) mass is 231 g/mol. The number of benzene rings is 1. The van der Waals surface area contributed by atoms with E-state index in [0.717, 1.165) is 5.56 Å². The van der Waals surface area contributed by atoms with Gasteiger partial charge in [0.2, 0.25) is 0 Å². The summed E-state index contributed by atoms with van der Waals surface area (Å²) >= 11 is 0. The quantitative estimate of drug-likeness (QED) is 0.834. The topological polar surface area (TPSA) is 50.9 Å². The van der Waals surface area contributed by atoms with E-state index in [1.165, 1.54) is 6.07 Å². The van der Waals surface area contributed by atoms with Crippen LogP contribution in [0, 0.1) is 19.7 Å². The molecule has 0 aliphatic carbocycles. The van der Waals surface area contributed by atoms with Gasteiger partial charge in [0.05, 0.1) is 5.69 Å². The first-order chi connectivity index (χ1) is 8.09. The summed E-state index contributed by atoms with van der Waals surface area (Å²) in [5.41, 5.74) is 8.65. The van der Waals surface area contributed by atoms with E-state index in [-0.39, 0.29) is 5.82 Å². The molecule has 0 unspecified atom stereocenters. The van der Waals surface area contributed by atoms with Crippen molar-refractivity contribution in [1.82, 2.24) is 4.98 Å². The maximum atomic E-state index is 13.4. The molecule has 0 bridgehead atoms. The van der Waals surface area contributed by atoms with Crippen LogP contribution in [0.5, 0.6) is 0 Å². The summed E-state index contributed by atoms with van der Waals surface area (Å²) in [5.74, 6) is 0.305. The minimum atomic E-state index is -0.249. The molecule has 1 aromatic carbocycles. The van der Waals surface area contributed by atoms with E-state index in [1.54, 1.807) is 25.3 Å². The molecule has 3 nitrogen and oxygen atoms in total. The van der Waals surface area contributed by atoms with Crippen LogP contribution in [-0.4, -0.2) is 4.98 Å². The number of nitrogens with one attached hydrogen (secondary N) is 1. The van der Waals surface area contributed by atoms with Crippen molar-refractivity contribution in [3.05, 3.63) is 47.4 Å². The van der Waals surface area contributed by atoms with Gasteiger partial charge in [-0.15, -0.1) is 0 Å². The Morgan fingerprint density at radius 3 is 2.76 bits per heavy atom. The van der Waals surface area contributed by atoms with Gasteiger partial charge in [-0.25, -0.2) is 9.37 Å². The summed E-state index contributed by atoms with van der Waals surface area (Å²) in [6.07, 6.45) is 1.67. The van der Waals surface area contributed by atoms with Gasteiger partial charge in [0, 0.05) is 17.4 Å². The molecule has 2 rings (SSSR count). The minimum Gasteiger partial charge on any atom is -0.396 e. The molecular formula is C13H14FN3. The van der Waals surface area contributed by atoms with Crippen molar-refractivity contribution in [2.75, 3.05) is 11.1 Å². The summed E-state index contributed by atoms with van der Waals surface area (Å²) < 4.78 is 13.4. The Kier molecular flexibility index (Phi) is 2.95. The standard InChI is InChI=1S/C13H14FN3/c1-8-6-7-16-13(12(8)15)17-11-5-3-4-10(14)9(11)2/h3-7H,15H2,1-2H3,(H,16,17). The maximum absolute atomic E-state index is 13.4. The number of halogens is 1. The van der Waals surface area contributed by atoms with Crippen molar-refractivity contribution >= 4 is 17.2 Å². The van der Waals surface area contributed by atoms with Crippen LogP contribution in [0.1, 0.15) is 11.1 Å². The van der Waals surface area contributed by atoms with Crippen molar-refractivity contribution in [3.63, 3.8) is 0 Å². The van der Waals surface area contributed by atoms with Gasteiger partial charge < -0.3 is 11.1 Å². The second kappa shape index (κ2) is 4.41. The molecule has 0 saturated heterocycles. The molecule has 0 radical (unpaired) electrons. The fourth-order valence-electron chi connectivity index (χ4n) is 1.54. The number of nitrogen functional groups attached to an aromatic ring is 1. The number of pyridine rings is 1. The third-order valence-electron chi connectivity index (χ3n) is 2.73. The van der Waals surface area contributed by atoms with E-state index in [9.17, 15) is 4.39 Å². The molecule has 1 aromatic heterocycles. The first-order valence-electron chi connectivity index (χ1n) is 5.33. The number of aromatic nitrogens is 1. The Hall–Kier alpha value is -2.10. The molecule has 0 aliphatic heterocycles. The molecule has 0 amide bonds. The average Bonchev–Trinajstić information content (AvgIpc) is 2.31. The zero-order chi connectivity index (χ0) is 12.4. The molecule has 88 valence electrons. The van der Waals surface area contributed by atoms with Crippen molar-refractivity contribution in [2.24, 2.45) is 0 Å². The lowest BCUT2D eigenvalue weighted by Crippen LogP contribution is -2.02. The Bertz CT molecular complexity index is 503. The van der Waals surface area contributed by atoms with Crippen molar-refractivity contribution in [1.29, 1.82) is 0 Å². The molecule has 0 saturated carbocycles. The van der Waals surface area contributed by atoms with Gasteiger partial charge in [-0.1, -0.05) is 6.07 Å². The van der Waals surface area contributed by atoms with Gasteiger partial charge in [0.25, 0.3) is 0 Å². The lowest BCUT2D eigenvalue weighted by atomic mass is 10.2. The van der Waals surface area contributed by atoms with E-state index in [4.69, 9.17) is 5.73 Å². The highest BCUT2D eigenvalue weighted by Gasteiger charge is 2.07. The van der Waals surface area contributed by atoms with Gasteiger partial charge in [-0.2, -0.15) is 0 Å². The Balaban J connectivity index is 2.38. The summed E-state index contributed by atoms with van der Waals surface area (Å²) in [6.45, 7) is 3.62. The minimum absolute atomic E-state index is 0.249. The molecule has 0 fully saturated rings. The van der Waals surface area contributed by atoms with Crippen LogP contribution >= 0.6 is 0 Å². The van der Waals surface area contributed by atoms with Crippen LogP contribution in [-0.2, 0) is 0 Å². The maximum Gasteiger partial charge on any atom is 0.153 e. The number of nitrogens with two attached hydrogens (primary N) is 1. The van der Waals surface area contributed by atoms with Gasteiger partial charge in [-0.05, 0) is 37.6 Å². The Labute approximate surface area is 99.5 Å². The largest absolute Gasteiger partial charge is 0.396 e. The molecule has 0 aliphatic rings. The predicted octanol–water partition coefficient (Wildman–Crippen LogP) is 3.16. The average molecular weight is 231 g/mol. The molecule has 0 atom stereocenters. The third kappa shape index (κ3) is 2.20. The van der Waals surface area contributed by atoms with Gasteiger partial charge in [-0.3, -0.25) is 0 Å². The highest BCUT2D eigenvalue weighted by molar-refractivity contribution is 5.72. The highest BCUT2D eigenvalue weighted by Crippen LogP contribution is 2.26. The van der Waals surface area contributed by atoms with Crippen molar-refractivity contribution < 1.29 is 4.39 Å². The van der Waals surface area contributed by atoms with Crippen LogP contribution in [0.4, 0.5) is 21.6 Å². The van der Waals surface area contributed by atoms with Gasteiger partial charge in [0.1, 0.15) is 5.82 Å². The molecule has 4 heteroatoms. The van der Waals surface area contributed by atoms with E-state index in [0.29, 0.717) is 22.8 Å². The molecule has 3 N–H and O–H groups in total. The van der Waals surface area contributed by atoms with Gasteiger partial charge >= 0.3 is 0 Å². The van der Waals surface area contributed by atoms with Crippen LogP contribution in [0.15, 0.2) is 30.5 Å².